The minimum atomic E-state index is -1.06. The van der Waals surface area contributed by atoms with Gasteiger partial charge in [0.25, 0.3) is 0 Å². The molecular formula is C8H16O4. The highest BCUT2D eigenvalue weighted by molar-refractivity contribution is 5.74. The van der Waals surface area contributed by atoms with Crippen LogP contribution in [0.2, 0.25) is 0 Å². The van der Waals surface area contributed by atoms with E-state index in [0.29, 0.717) is 6.61 Å². The Kier molecular flexibility index (Phi) is 5.66. The van der Waals surface area contributed by atoms with Gasteiger partial charge in [-0.05, 0) is 13.8 Å². The minimum absolute atomic E-state index is 0.120. The summed E-state index contributed by atoms with van der Waals surface area (Å²) in [6.07, 6.45) is -0.659. The van der Waals surface area contributed by atoms with Crippen LogP contribution in [0.3, 0.4) is 0 Å². The highest BCUT2D eigenvalue weighted by Gasteiger charge is 2.14. The van der Waals surface area contributed by atoms with Crippen molar-refractivity contribution < 1.29 is 19.4 Å². The Hall–Kier alpha value is -0.610. The molecule has 0 heterocycles. The SMILES string of the molecule is COC(=O)C(O)CCOC(C)C. The van der Waals surface area contributed by atoms with Gasteiger partial charge in [-0.2, -0.15) is 0 Å². The molecule has 0 aromatic rings. The van der Waals surface area contributed by atoms with Crippen LogP contribution < -0.4 is 0 Å². The van der Waals surface area contributed by atoms with Gasteiger partial charge in [0.1, 0.15) is 0 Å². The van der Waals surface area contributed by atoms with E-state index >= 15 is 0 Å². The summed E-state index contributed by atoms with van der Waals surface area (Å²) in [4.78, 5) is 10.7. The van der Waals surface area contributed by atoms with Crippen molar-refractivity contribution in [3.63, 3.8) is 0 Å². The lowest BCUT2D eigenvalue weighted by atomic mass is 10.3. The molecule has 72 valence electrons. The summed E-state index contributed by atoms with van der Waals surface area (Å²) in [5.41, 5.74) is 0. The van der Waals surface area contributed by atoms with Gasteiger partial charge in [-0.3, -0.25) is 0 Å². The highest BCUT2D eigenvalue weighted by atomic mass is 16.5. The number of rotatable bonds is 5. The Morgan fingerprint density at radius 2 is 2.08 bits per heavy atom. The third-order valence-electron chi connectivity index (χ3n) is 1.32. The van der Waals surface area contributed by atoms with Crippen LogP contribution in [0.1, 0.15) is 20.3 Å². The van der Waals surface area contributed by atoms with Gasteiger partial charge in [0.15, 0.2) is 6.10 Å². The van der Waals surface area contributed by atoms with Crippen molar-refractivity contribution in [1.29, 1.82) is 0 Å². The molecule has 1 atom stereocenters. The Labute approximate surface area is 72.5 Å². The minimum Gasteiger partial charge on any atom is -0.467 e. The molecule has 1 unspecified atom stereocenters. The zero-order chi connectivity index (χ0) is 9.56. The molecule has 1 N–H and O–H groups in total. The summed E-state index contributed by atoms with van der Waals surface area (Å²) in [6.45, 7) is 4.16. The highest BCUT2D eigenvalue weighted by Crippen LogP contribution is 1.97. The quantitative estimate of drug-likeness (QED) is 0.613. The molecule has 0 aromatic heterocycles. The van der Waals surface area contributed by atoms with Gasteiger partial charge in [-0.15, -0.1) is 0 Å². The van der Waals surface area contributed by atoms with Crippen molar-refractivity contribution in [2.24, 2.45) is 0 Å². The van der Waals surface area contributed by atoms with Crippen molar-refractivity contribution in [1.82, 2.24) is 0 Å². The Morgan fingerprint density at radius 1 is 1.50 bits per heavy atom. The predicted octanol–water partition coefficient (Wildman–Crippen LogP) is 0.335. The van der Waals surface area contributed by atoms with Gasteiger partial charge in [0, 0.05) is 13.0 Å². The van der Waals surface area contributed by atoms with Gasteiger partial charge in [0.05, 0.1) is 13.2 Å². The average molecular weight is 176 g/mol. The van der Waals surface area contributed by atoms with Gasteiger partial charge in [-0.1, -0.05) is 0 Å². The molecule has 0 aliphatic heterocycles. The average Bonchev–Trinajstić information content (AvgIpc) is 2.02. The Balaban J connectivity index is 3.43. The second kappa shape index (κ2) is 5.97. The summed E-state index contributed by atoms with van der Waals surface area (Å²) in [5, 5.41) is 9.08. The number of aliphatic hydroxyl groups excluding tert-OH is 1. The zero-order valence-corrected chi connectivity index (χ0v) is 7.74. The maximum atomic E-state index is 10.7. The van der Waals surface area contributed by atoms with Crippen molar-refractivity contribution in [2.45, 2.75) is 32.5 Å². The molecule has 0 aliphatic rings. The molecule has 0 fully saturated rings. The zero-order valence-electron chi connectivity index (χ0n) is 7.74. The largest absolute Gasteiger partial charge is 0.467 e. The third-order valence-corrected chi connectivity index (χ3v) is 1.32. The Bertz CT molecular complexity index is 133. The molecule has 0 saturated carbocycles. The lowest BCUT2D eigenvalue weighted by molar-refractivity contribution is -0.151. The van der Waals surface area contributed by atoms with Crippen LogP contribution in [0.5, 0.6) is 0 Å². The standard InChI is InChI=1S/C8H16O4/c1-6(2)12-5-4-7(9)8(10)11-3/h6-7,9H,4-5H2,1-3H3. The van der Waals surface area contributed by atoms with Gasteiger partial charge < -0.3 is 14.6 Å². The molecular weight excluding hydrogens is 160 g/mol. The van der Waals surface area contributed by atoms with E-state index in [0.717, 1.165) is 0 Å². The summed E-state index contributed by atoms with van der Waals surface area (Å²) < 4.78 is 9.46. The van der Waals surface area contributed by atoms with E-state index in [9.17, 15) is 4.79 Å². The molecule has 4 nitrogen and oxygen atoms in total. The van der Waals surface area contributed by atoms with E-state index in [1.165, 1.54) is 7.11 Å². The van der Waals surface area contributed by atoms with Crippen LogP contribution in [0.25, 0.3) is 0 Å². The molecule has 0 saturated heterocycles. The van der Waals surface area contributed by atoms with E-state index in [-0.39, 0.29) is 12.5 Å². The van der Waals surface area contributed by atoms with E-state index in [2.05, 4.69) is 4.74 Å². The Morgan fingerprint density at radius 3 is 2.50 bits per heavy atom. The van der Waals surface area contributed by atoms with Crippen molar-refractivity contribution in [3.05, 3.63) is 0 Å². The maximum absolute atomic E-state index is 10.7. The van der Waals surface area contributed by atoms with Gasteiger partial charge >= 0.3 is 5.97 Å². The maximum Gasteiger partial charge on any atom is 0.334 e. The molecule has 0 aliphatic carbocycles. The first-order chi connectivity index (χ1) is 5.57. The van der Waals surface area contributed by atoms with Gasteiger partial charge in [-0.25, -0.2) is 4.79 Å². The fraction of sp³-hybridized carbons (Fsp3) is 0.875. The van der Waals surface area contributed by atoms with Crippen LogP contribution >= 0.6 is 0 Å². The number of hydrogen-bond donors (Lipinski definition) is 1. The lowest BCUT2D eigenvalue weighted by Crippen LogP contribution is -2.24. The third kappa shape index (κ3) is 5.09. The monoisotopic (exact) mass is 176 g/mol. The van der Waals surface area contributed by atoms with Crippen molar-refractivity contribution >= 4 is 5.97 Å². The number of hydrogen-bond acceptors (Lipinski definition) is 4. The summed E-state index contributed by atoms with van der Waals surface area (Å²) >= 11 is 0. The number of carbonyl (C=O) groups is 1. The molecule has 0 bridgehead atoms. The van der Waals surface area contributed by atoms with Crippen LogP contribution in [0.15, 0.2) is 0 Å². The summed E-state index contributed by atoms with van der Waals surface area (Å²) in [5.74, 6) is -0.609. The van der Waals surface area contributed by atoms with Crippen molar-refractivity contribution in [2.75, 3.05) is 13.7 Å². The first-order valence-corrected chi connectivity index (χ1v) is 3.95. The molecule has 0 spiro atoms. The number of methoxy groups -OCH3 is 1. The second-order valence-electron chi connectivity index (χ2n) is 2.75. The molecule has 12 heavy (non-hydrogen) atoms. The molecule has 0 rings (SSSR count). The van der Waals surface area contributed by atoms with Crippen molar-refractivity contribution in [3.8, 4) is 0 Å². The first-order valence-electron chi connectivity index (χ1n) is 3.95. The first kappa shape index (κ1) is 11.4. The van der Waals surface area contributed by atoms with Gasteiger partial charge in [0.2, 0.25) is 0 Å². The predicted molar refractivity (Wildman–Crippen MR) is 43.7 cm³/mol. The summed E-state index contributed by atoms with van der Waals surface area (Å²) in [7, 11) is 1.24. The van der Waals surface area contributed by atoms with Crippen LogP contribution in [0, 0.1) is 0 Å². The topological polar surface area (TPSA) is 55.8 Å². The second-order valence-corrected chi connectivity index (χ2v) is 2.75. The van der Waals surface area contributed by atoms with Crippen LogP contribution in [-0.2, 0) is 14.3 Å². The molecule has 0 aromatic carbocycles. The normalized spacial score (nSPS) is 13.1. The molecule has 4 heteroatoms. The fourth-order valence-corrected chi connectivity index (χ4v) is 0.669. The smallest absolute Gasteiger partial charge is 0.334 e. The van der Waals surface area contributed by atoms with Crippen LogP contribution in [0.4, 0.5) is 0 Å². The number of ether oxygens (including phenoxy) is 2. The lowest BCUT2D eigenvalue weighted by Gasteiger charge is -2.10. The fourth-order valence-electron chi connectivity index (χ4n) is 0.669. The molecule has 0 radical (unpaired) electrons. The number of esters is 1. The van der Waals surface area contributed by atoms with Crippen LogP contribution in [-0.4, -0.2) is 37.0 Å². The van der Waals surface area contributed by atoms with E-state index in [4.69, 9.17) is 9.84 Å². The number of aliphatic hydroxyl groups is 1. The molecule has 0 amide bonds. The number of carbonyl (C=O) groups excluding carboxylic acids is 1. The summed E-state index contributed by atoms with van der Waals surface area (Å²) in [6, 6.07) is 0. The van der Waals surface area contributed by atoms with E-state index in [1.54, 1.807) is 0 Å². The van der Waals surface area contributed by atoms with E-state index in [1.807, 2.05) is 13.8 Å². The van der Waals surface area contributed by atoms with E-state index < -0.39 is 12.1 Å².